The second-order valence-electron chi connectivity index (χ2n) is 6.48. The highest BCUT2D eigenvalue weighted by atomic mass is 16.5. The van der Waals surface area contributed by atoms with Crippen LogP contribution >= 0.6 is 0 Å². The van der Waals surface area contributed by atoms with Crippen LogP contribution in [0.25, 0.3) is 0 Å². The number of ether oxygens (including phenoxy) is 1. The van der Waals surface area contributed by atoms with Crippen LogP contribution in [-0.2, 0) is 13.0 Å². The molecular weight excluding hydrogens is 350 g/mol. The fourth-order valence-corrected chi connectivity index (χ4v) is 2.39. The van der Waals surface area contributed by atoms with Gasteiger partial charge in [0.05, 0.1) is 12.7 Å². The molecule has 0 aliphatic rings. The Morgan fingerprint density at radius 1 is 1.33 bits per heavy atom. The van der Waals surface area contributed by atoms with Crippen LogP contribution < -0.4 is 15.4 Å². The highest BCUT2D eigenvalue weighted by molar-refractivity contribution is 5.99. The standard InChI is InChI=1S/C18H25N5O4/c1-11(2)8-15-21-16(27-22-15)10-23(4)18(25)20-12-6-7-14(26-5)13(9-12)17(24)19-3/h6-7,9,11H,8,10H2,1-5H3,(H,19,24)(H,20,25). The molecule has 27 heavy (non-hydrogen) atoms. The predicted molar refractivity (Wildman–Crippen MR) is 99.7 cm³/mol. The molecule has 0 saturated carbocycles. The van der Waals surface area contributed by atoms with Crippen LogP contribution in [0.1, 0.15) is 35.9 Å². The number of benzene rings is 1. The molecular formula is C18H25N5O4. The van der Waals surface area contributed by atoms with Gasteiger partial charge in [0.25, 0.3) is 5.91 Å². The van der Waals surface area contributed by atoms with E-state index in [0.717, 1.165) is 0 Å². The molecule has 2 rings (SSSR count). The smallest absolute Gasteiger partial charge is 0.322 e. The first kappa shape index (κ1) is 20.2. The largest absolute Gasteiger partial charge is 0.496 e. The third kappa shape index (κ3) is 5.44. The van der Waals surface area contributed by atoms with E-state index in [4.69, 9.17) is 9.26 Å². The van der Waals surface area contributed by atoms with Crippen molar-refractivity contribution in [2.45, 2.75) is 26.8 Å². The van der Waals surface area contributed by atoms with Gasteiger partial charge < -0.3 is 24.8 Å². The Morgan fingerprint density at radius 2 is 2.07 bits per heavy atom. The molecule has 0 aliphatic carbocycles. The summed E-state index contributed by atoms with van der Waals surface area (Å²) in [7, 11) is 4.62. The van der Waals surface area contributed by atoms with Crippen molar-refractivity contribution in [3.63, 3.8) is 0 Å². The first-order chi connectivity index (χ1) is 12.8. The van der Waals surface area contributed by atoms with Crippen molar-refractivity contribution in [1.82, 2.24) is 20.4 Å². The van der Waals surface area contributed by atoms with Crippen molar-refractivity contribution in [3.8, 4) is 5.75 Å². The summed E-state index contributed by atoms with van der Waals surface area (Å²) < 4.78 is 10.4. The summed E-state index contributed by atoms with van der Waals surface area (Å²) in [4.78, 5) is 30.0. The molecule has 0 spiro atoms. The SMILES string of the molecule is CNC(=O)c1cc(NC(=O)N(C)Cc2nc(CC(C)C)no2)ccc1OC. The number of carbonyl (C=O) groups is 2. The van der Waals surface area contributed by atoms with Gasteiger partial charge in [0.1, 0.15) is 12.3 Å². The normalized spacial score (nSPS) is 10.6. The van der Waals surface area contributed by atoms with Crippen LogP contribution in [0.4, 0.5) is 10.5 Å². The molecule has 0 atom stereocenters. The molecule has 1 heterocycles. The van der Waals surface area contributed by atoms with Crippen molar-refractivity contribution in [2.24, 2.45) is 5.92 Å². The number of hydrogen-bond donors (Lipinski definition) is 2. The molecule has 0 bridgehead atoms. The fourth-order valence-electron chi connectivity index (χ4n) is 2.39. The Kier molecular flexibility index (Phi) is 6.75. The van der Waals surface area contributed by atoms with Crippen LogP contribution in [0, 0.1) is 5.92 Å². The van der Waals surface area contributed by atoms with Crippen LogP contribution in [-0.4, -0.2) is 48.2 Å². The Balaban J connectivity index is 2.03. The summed E-state index contributed by atoms with van der Waals surface area (Å²) in [5, 5.41) is 9.18. The van der Waals surface area contributed by atoms with E-state index in [1.807, 2.05) is 0 Å². The van der Waals surface area contributed by atoms with Crippen molar-refractivity contribution in [2.75, 3.05) is 26.5 Å². The Bertz CT molecular complexity index is 803. The summed E-state index contributed by atoms with van der Waals surface area (Å²) in [5.74, 6) is 1.52. The topological polar surface area (TPSA) is 110 Å². The fraction of sp³-hybridized carbons (Fsp3) is 0.444. The number of nitrogens with zero attached hydrogens (tertiary/aromatic N) is 3. The Labute approximate surface area is 158 Å². The van der Waals surface area contributed by atoms with Gasteiger partial charge in [-0.25, -0.2) is 4.79 Å². The van der Waals surface area contributed by atoms with E-state index >= 15 is 0 Å². The summed E-state index contributed by atoms with van der Waals surface area (Å²) in [6.45, 7) is 4.31. The number of amides is 3. The summed E-state index contributed by atoms with van der Waals surface area (Å²) in [6.07, 6.45) is 0.716. The second-order valence-corrected chi connectivity index (χ2v) is 6.48. The maximum Gasteiger partial charge on any atom is 0.322 e. The highest BCUT2D eigenvalue weighted by Gasteiger charge is 2.17. The van der Waals surface area contributed by atoms with Gasteiger partial charge in [-0.15, -0.1) is 0 Å². The van der Waals surface area contributed by atoms with Crippen LogP contribution in [0.2, 0.25) is 0 Å². The zero-order valence-electron chi connectivity index (χ0n) is 16.2. The molecule has 3 amide bonds. The van der Waals surface area contributed by atoms with Crippen LogP contribution in [0.15, 0.2) is 22.7 Å². The van der Waals surface area contributed by atoms with Gasteiger partial charge in [0.15, 0.2) is 5.82 Å². The quantitative estimate of drug-likeness (QED) is 0.768. The van der Waals surface area contributed by atoms with Crippen LogP contribution in [0.5, 0.6) is 5.75 Å². The lowest BCUT2D eigenvalue weighted by Crippen LogP contribution is -2.31. The minimum absolute atomic E-state index is 0.176. The van der Waals surface area contributed by atoms with Gasteiger partial charge in [-0.1, -0.05) is 19.0 Å². The third-order valence-corrected chi connectivity index (χ3v) is 3.74. The number of carbonyl (C=O) groups excluding carboxylic acids is 2. The van der Waals surface area contributed by atoms with E-state index in [-0.39, 0.29) is 18.5 Å². The maximum absolute atomic E-state index is 12.4. The monoisotopic (exact) mass is 375 g/mol. The molecule has 2 N–H and O–H groups in total. The van der Waals surface area contributed by atoms with E-state index in [0.29, 0.717) is 41.1 Å². The number of aromatic nitrogens is 2. The van der Waals surface area contributed by atoms with Crippen molar-refractivity contribution in [1.29, 1.82) is 0 Å². The van der Waals surface area contributed by atoms with Gasteiger partial charge in [-0.2, -0.15) is 4.98 Å². The lowest BCUT2D eigenvalue weighted by atomic mass is 10.1. The van der Waals surface area contributed by atoms with Gasteiger partial charge in [0, 0.05) is 26.2 Å². The van der Waals surface area contributed by atoms with Crippen LogP contribution in [0.3, 0.4) is 0 Å². The zero-order chi connectivity index (χ0) is 20.0. The van der Waals surface area contributed by atoms with E-state index in [1.54, 1.807) is 25.2 Å². The number of anilines is 1. The van der Waals surface area contributed by atoms with Gasteiger partial charge in [-0.05, 0) is 24.1 Å². The first-order valence-electron chi connectivity index (χ1n) is 8.57. The second kappa shape index (κ2) is 9.02. The van der Waals surface area contributed by atoms with E-state index in [2.05, 4.69) is 34.6 Å². The number of nitrogens with one attached hydrogen (secondary N) is 2. The third-order valence-electron chi connectivity index (χ3n) is 3.74. The molecule has 9 heteroatoms. The molecule has 0 saturated heterocycles. The first-order valence-corrected chi connectivity index (χ1v) is 8.57. The lowest BCUT2D eigenvalue weighted by molar-refractivity contribution is 0.0960. The van der Waals surface area contributed by atoms with Gasteiger partial charge in [0.2, 0.25) is 5.89 Å². The summed E-state index contributed by atoms with van der Waals surface area (Å²) in [5.41, 5.74) is 0.799. The number of hydrogen-bond acceptors (Lipinski definition) is 6. The number of rotatable bonds is 7. The number of urea groups is 1. The van der Waals surface area contributed by atoms with E-state index < -0.39 is 0 Å². The van der Waals surface area contributed by atoms with E-state index in [9.17, 15) is 9.59 Å². The molecule has 146 valence electrons. The van der Waals surface area contributed by atoms with Gasteiger partial charge in [-0.3, -0.25) is 4.79 Å². The highest BCUT2D eigenvalue weighted by Crippen LogP contribution is 2.23. The lowest BCUT2D eigenvalue weighted by Gasteiger charge is -2.17. The predicted octanol–water partition coefficient (Wildman–Crippen LogP) is 2.30. The van der Waals surface area contributed by atoms with Crippen molar-refractivity contribution in [3.05, 3.63) is 35.5 Å². The maximum atomic E-state index is 12.4. The van der Waals surface area contributed by atoms with Gasteiger partial charge >= 0.3 is 6.03 Å². The summed E-state index contributed by atoms with van der Waals surface area (Å²) in [6, 6.07) is 4.46. The number of methoxy groups -OCH3 is 1. The van der Waals surface area contributed by atoms with E-state index in [1.165, 1.54) is 19.1 Å². The van der Waals surface area contributed by atoms with Crippen molar-refractivity contribution < 1.29 is 18.8 Å². The average molecular weight is 375 g/mol. The average Bonchev–Trinajstić information content (AvgIpc) is 3.06. The molecule has 0 aliphatic heterocycles. The Hall–Kier alpha value is -3.10. The molecule has 0 radical (unpaired) electrons. The minimum Gasteiger partial charge on any atom is -0.496 e. The molecule has 1 aromatic carbocycles. The van der Waals surface area contributed by atoms with Crippen molar-refractivity contribution >= 4 is 17.6 Å². The molecule has 9 nitrogen and oxygen atoms in total. The molecule has 0 fully saturated rings. The summed E-state index contributed by atoms with van der Waals surface area (Å²) >= 11 is 0. The Morgan fingerprint density at radius 3 is 2.70 bits per heavy atom. The minimum atomic E-state index is -0.369. The molecule has 0 unspecified atom stereocenters. The zero-order valence-corrected chi connectivity index (χ0v) is 16.2. The molecule has 2 aromatic rings. The molecule has 1 aromatic heterocycles.